The van der Waals surface area contributed by atoms with E-state index in [1.807, 2.05) is 0 Å². The maximum absolute atomic E-state index is 9.38. The monoisotopic (exact) mass is 252 g/mol. The Balaban J connectivity index is 2.38. The summed E-state index contributed by atoms with van der Waals surface area (Å²) in [7, 11) is 0. The van der Waals surface area contributed by atoms with Gasteiger partial charge in [-0.25, -0.2) is 0 Å². The number of ether oxygens (including phenoxy) is 1. The van der Waals surface area contributed by atoms with Crippen LogP contribution < -0.4 is 5.32 Å². The Hall–Kier alpha value is -0.590. The highest BCUT2D eigenvalue weighted by molar-refractivity contribution is 5.12. The predicted molar refractivity (Wildman–Crippen MR) is 74.3 cm³/mol. The topological polar surface area (TPSA) is 45.0 Å². The highest BCUT2D eigenvalue weighted by Gasteiger charge is 2.40. The summed E-state index contributed by atoms with van der Waals surface area (Å²) in [6, 6.07) is 2.81. The number of nitrogens with zero attached hydrogens (tertiary/aromatic N) is 1. The zero-order valence-electron chi connectivity index (χ0n) is 12.3. The fourth-order valence-electron chi connectivity index (χ4n) is 2.84. The van der Waals surface area contributed by atoms with E-state index in [2.05, 4.69) is 39.1 Å². The Bertz CT molecular complexity index is 285. The van der Waals surface area contributed by atoms with Gasteiger partial charge >= 0.3 is 0 Å². The molecule has 3 nitrogen and oxygen atoms in total. The van der Waals surface area contributed by atoms with Crippen LogP contribution in [0.15, 0.2) is 0 Å². The van der Waals surface area contributed by atoms with Crippen molar-refractivity contribution in [3.63, 3.8) is 0 Å². The summed E-state index contributed by atoms with van der Waals surface area (Å²) >= 11 is 0. The third kappa shape index (κ3) is 4.59. The van der Waals surface area contributed by atoms with Gasteiger partial charge in [-0.15, -0.1) is 0 Å². The second kappa shape index (κ2) is 7.11. The maximum Gasteiger partial charge on any atom is 0.109 e. The molecule has 0 aromatic rings. The molecule has 1 fully saturated rings. The molecule has 0 radical (unpaired) electrons. The van der Waals surface area contributed by atoms with Crippen molar-refractivity contribution in [2.24, 2.45) is 5.92 Å². The van der Waals surface area contributed by atoms with Gasteiger partial charge in [0.2, 0.25) is 0 Å². The molecule has 1 N–H and O–H groups in total. The molecule has 0 aromatic heterocycles. The first-order valence-electron chi connectivity index (χ1n) is 7.32. The van der Waals surface area contributed by atoms with E-state index < -0.39 is 0 Å². The highest BCUT2D eigenvalue weighted by Crippen LogP contribution is 2.32. The lowest BCUT2D eigenvalue weighted by atomic mass is 9.98. The summed E-state index contributed by atoms with van der Waals surface area (Å²) < 4.78 is 5.96. The lowest BCUT2D eigenvalue weighted by molar-refractivity contribution is 0.0320. The van der Waals surface area contributed by atoms with E-state index in [4.69, 9.17) is 4.74 Å². The van der Waals surface area contributed by atoms with Crippen LogP contribution in [0.3, 0.4) is 0 Å². The Morgan fingerprint density at radius 1 is 1.44 bits per heavy atom. The quantitative estimate of drug-likeness (QED) is 0.756. The van der Waals surface area contributed by atoms with Crippen molar-refractivity contribution in [1.29, 1.82) is 5.26 Å². The van der Waals surface area contributed by atoms with Gasteiger partial charge in [0.15, 0.2) is 0 Å². The fraction of sp³-hybridized carbons (Fsp3) is 0.933. The predicted octanol–water partition coefficient (Wildman–Crippen LogP) is 3.25. The third-order valence-corrected chi connectivity index (χ3v) is 3.65. The first-order chi connectivity index (χ1) is 8.51. The van der Waals surface area contributed by atoms with Crippen molar-refractivity contribution in [3.8, 4) is 6.07 Å². The van der Waals surface area contributed by atoms with Crippen molar-refractivity contribution in [2.45, 2.75) is 77.5 Å². The van der Waals surface area contributed by atoms with Gasteiger partial charge in [0.25, 0.3) is 0 Å². The van der Waals surface area contributed by atoms with E-state index >= 15 is 0 Å². The Morgan fingerprint density at radius 2 is 2.17 bits per heavy atom. The first-order valence-corrected chi connectivity index (χ1v) is 7.32. The molecule has 0 bridgehead atoms. The highest BCUT2D eigenvalue weighted by atomic mass is 16.5. The van der Waals surface area contributed by atoms with Gasteiger partial charge in [-0.3, -0.25) is 5.32 Å². The number of hydrogen-bond donors (Lipinski definition) is 1. The van der Waals surface area contributed by atoms with E-state index in [1.165, 1.54) is 12.8 Å². The summed E-state index contributed by atoms with van der Waals surface area (Å²) in [6.07, 6.45) is 5.45. The van der Waals surface area contributed by atoms with Crippen molar-refractivity contribution < 1.29 is 4.74 Å². The van der Waals surface area contributed by atoms with Crippen molar-refractivity contribution >= 4 is 0 Å². The van der Waals surface area contributed by atoms with Gasteiger partial charge < -0.3 is 4.74 Å². The second-order valence-corrected chi connectivity index (χ2v) is 6.08. The number of hydrogen-bond acceptors (Lipinski definition) is 3. The lowest BCUT2D eigenvalue weighted by Gasteiger charge is -2.25. The smallest absolute Gasteiger partial charge is 0.109 e. The second-order valence-electron chi connectivity index (χ2n) is 6.08. The number of nitriles is 1. The fourth-order valence-corrected chi connectivity index (χ4v) is 2.84. The minimum atomic E-state index is -0.354. The summed E-state index contributed by atoms with van der Waals surface area (Å²) in [6.45, 7) is 9.47. The van der Waals surface area contributed by atoms with Gasteiger partial charge in [0.1, 0.15) is 5.54 Å². The minimum absolute atomic E-state index is 0.259. The van der Waals surface area contributed by atoms with Crippen molar-refractivity contribution in [2.75, 3.05) is 6.61 Å². The standard InChI is InChI=1S/C15H28N2O/c1-5-6-13(4)10-18-14-7-8-15(9-14,11-16)17-12(2)3/h12-14,17H,5-10H2,1-4H3. The van der Waals surface area contributed by atoms with E-state index in [1.54, 1.807) is 0 Å². The molecule has 0 saturated heterocycles. The largest absolute Gasteiger partial charge is 0.378 e. The van der Waals surface area contributed by atoms with Gasteiger partial charge in [0.05, 0.1) is 12.2 Å². The van der Waals surface area contributed by atoms with Crippen LogP contribution in [-0.2, 0) is 4.74 Å². The average Bonchev–Trinajstić information content (AvgIpc) is 2.70. The van der Waals surface area contributed by atoms with E-state index in [-0.39, 0.29) is 11.6 Å². The van der Waals surface area contributed by atoms with E-state index in [9.17, 15) is 5.26 Å². The van der Waals surface area contributed by atoms with Crippen molar-refractivity contribution in [3.05, 3.63) is 0 Å². The zero-order chi connectivity index (χ0) is 13.6. The summed E-state index contributed by atoms with van der Waals surface area (Å²) in [5.74, 6) is 0.630. The maximum atomic E-state index is 9.38. The minimum Gasteiger partial charge on any atom is -0.378 e. The lowest BCUT2D eigenvalue weighted by Crippen LogP contribution is -2.45. The normalized spacial score (nSPS) is 29.4. The molecule has 104 valence electrons. The molecule has 18 heavy (non-hydrogen) atoms. The van der Waals surface area contributed by atoms with Crippen molar-refractivity contribution in [1.82, 2.24) is 5.32 Å². The van der Waals surface area contributed by atoms with Gasteiger partial charge in [-0.1, -0.05) is 20.3 Å². The Labute approximate surface area is 112 Å². The van der Waals surface area contributed by atoms with Gasteiger partial charge in [-0.2, -0.15) is 5.26 Å². The molecule has 3 atom stereocenters. The Morgan fingerprint density at radius 3 is 2.72 bits per heavy atom. The molecule has 1 aliphatic carbocycles. The molecule has 0 amide bonds. The zero-order valence-corrected chi connectivity index (χ0v) is 12.3. The molecule has 3 heteroatoms. The molecule has 0 aliphatic heterocycles. The molecule has 0 aromatic carbocycles. The van der Waals surface area contributed by atoms with Crippen LogP contribution in [0.4, 0.5) is 0 Å². The summed E-state index contributed by atoms with van der Waals surface area (Å²) in [4.78, 5) is 0. The first kappa shape index (κ1) is 15.5. The van der Waals surface area contributed by atoms with Crippen LogP contribution in [0, 0.1) is 17.2 Å². The van der Waals surface area contributed by atoms with Gasteiger partial charge in [-0.05, 0) is 39.0 Å². The average molecular weight is 252 g/mol. The molecular formula is C15H28N2O. The molecule has 1 rings (SSSR count). The van der Waals surface area contributed by atoms with Crippen LogP contribution in [-0.4, -0.2) is 24.3 Å². The Kier molecular flexibility index (Phi) is 6.11. The molecule has 0 spiro atoms. The van der Waals surface area contributed by atoms with Crippen LogP contribution in [0.1, 0.15) is 59.8 Å². The SMILES string of the molecule is CCCC(C)COC1CCC(C#N)(NC(C)C)C1. The number of nitrogens with one attached hydrogen (secondary N) is 1. The van der Waals surface area contributed by atoms with E-state index in [0.717, 1.165) is 25.9 Å². The molecule has 1 saturated carbocycles. The van der Waals surface area contributed by atoms with Crippen LogP contribution in [0.2, 0.25) is 0 Å². The van der Waals surface area contributed by atoms with Gasteiger partial charge in [0, 0.05) is 19.1 Å². The third-order valence-electron chi connectivity index (χ3n) is 3.65. The van der Waals surface area contributed by atoms with Crippen LogP contribution in [0.25, 0.3) is 0 Å². The molecule has 3 unspecified atom stereocenters. The summed E-state index contributed by atoms with van der Waals surface area (Å²) in [5, 5.41) is 12.8. The van der Waals surface area contributed by atoms with E-state index in [0.29, 0.717) is 12.0 Å². The molecular weight excluding hydrogens is 224 g/mol. The summed E-state index contributed by atoms with van der Waals surface area (Å²) in [5.41, 5.74) is -0.354. The van der Waals surface area contributed by atoms with Crippen LogP contribution >= 0.6 is 0 Å². The van der Waals surface area contributed by atoms with Crippen LogP contribution in [0.5, 0.6) is 0 Å². The number of rotatable bonds is 7. The molecule has 1 aliphatic rings. The molecule has 0 heterocycles.